The SMILES string of the molecule is CCCCN(CC(N)=O)c1cccc(F)c1[C@H](C)O. The van der Waals surface area contributed by atoms with Gasteiger partial charge in [0, 0.05) is 17.8 Å². The van der Waals surface area contributed by atoms with Crippen molar-refractivity contribution in [3.63, 3.8) is 0 Å². The number of amides is 1. The van der Waals surface area contributed by atoms with Crippen LogP contribution < -0.4 is 10.6 Å². The first kappa shape index (κ1) is 15.4. The van der Waals surface area contributed by atoms with Gasteiger partial charge in [-0.05, 0) is 25.5 Å². The molecule has 1 atom stereocenters. The van der Waals surface area contributed by atoms with Crippen molar-refractivity contribution >= 4 is 11.6 Å². The maximum absolute atomic E-state index is 13.8. The van der Waals surface area contributed by atoms with E-state index in [1.165, 1.54) is 13.0 Å². The molecule has 0 aliphatic carbocycles. The van der Waals surface area contributed by atoms with E-state index in [1.807, 2.05) is 6.92 Å². The third-order valence-electron chi connectivity index (χ3n) is 2.92. The fraction of sp³-hybridized carbons (Fsp3) is 0.500. The molecule has 0 aliphatic heterocycles. The number of unbranched alkanes of at least 4 members (excludes halogenated alkanes) is 1. The number of rotatable bonds is 7. The van der Waals surface area contributed by atoms with Gasteiger partial charge < -0.3 is 15.7 Å². The third-order valence-corrected chi connectivity index (χ3v) is 2.92. The Morgan fingerprint density at radius 2 is 2.21 bits per heavy atom. The van der Waals surface area contributed by atoms with Crippen LogP contribution in [0, 0.1) is 5.82 Å². The second-order valence-electron chi connectivity index (χ2n) is 4.59. The van der Waals surface area contributed by atoms with Crippen LogP contribution in [-0.2, 0) is 4.79 Å². The molecule has 0 aliphatic rings. The summed E-state index contributed by atoms with van der Waals surface area (Å²) in [5.74, 6) is -0.949. The Labute approximate surface area is 113 Å². The molecule has 0 saturated carbocycles. The Morgan fingerprint density at radius 3 is 2.74 bits per heavy atom. The summed E-state index contributed by atoms with van der Waals surface area (Å²) in [5, 5.41) is 9.71. The van der Waals surface area contributed by atoms with Gasteiger partial charge in [0.15, 0.2) is 0 Å². The molecule has 0 spiro atoms. The van der Waals surface area contributed by atoms with E-state index in [0.717, 1.165) is 12.8 Å². The van der Waals surface area contributed by atoms with E-state index >= 15 is 0 Å². The van der Waals surface area contributed by atoms with Gasteiger partial charge in [-0.2, -0.15) is 0 Å². The largest absolute Gasteiger partial charge is 0.389 e. The minimum absolute atomic E-state index is 0.0170. The first-order valence-electron chi connectivity index (χ1n) is 6.47. The van der Waals surface area contributed by atoms with Crippen molar-refractivity contribution < 1.29 is 14.3 Å². The molecule has 1 aromatic carbocycles. The monoisotopic (exact) mass is 268 g/mol. The summed E-state index contributed by atoms with van der Waals surface area (Å²) >= 11 is 0. The van der Waals surface area contributed by atoms with Gasteiger partial charge in [0.25, 0.3) is 0 Å². The zero-order chi connectivity index (χ0) is 14.4. The summed E-state index contributed by atoms with van der Waals surface area (Å²) in [6.45, 7) is 4.15. The minimum atomic E-state index is -0.937. The van der Waals surface area contributed by atoms with Crippen LogP contribution in [0.4, 0.5) is 10.1 Å². The number of anilines is 1. The molecule has 4 nitrogen and oxygen atoms in total. The van der Waals surface area contributed by atoms with Crippen molar-refractivity contribution in [3.05, 3.63) is 29.6 Å². The average Bonchev–Trinajstić information content (AvgIpc) is 2.33. The second-order valence-corrected chi connectivity index (χ2v) is 4.59. The van der Waals surface area contributed by atoms with Crippen molar-refractivity contribution in [2.75, 3.05) is 18.0 Å². The van der Waals surface area contributed by atoms with Crippen LogP contribution in [0.15, 0.2) is 18.2 Å². The van der Waals surface area contributed by atoms with Gasteiger partial charge in [-0.3, -0.25) is 4.79 Å². The van der Waals surface area contributed by atoms with Crippen molar-refractivity contribution in [3.8, 4) is 0 Å². The third kappa shape index (κ3) is 4.21. The Hall–Kier alpha value is -1.62. The molecule has 0 radical (unpaired) electrons. The zero-order valence-electron chi connectivity index (χ0n) is 11.4. The van der Waals surface area contributed by atoms with Crippen molar-refractivity contribution in [1.82, 2.24) is 0 Å². The van der Waals surface area contributed by atoms with Gasteiger partial charge in [0.05, 0.1) is 12.6 Å². The molecule has 0 heterocycles. The first-order chi connectivity index (χ1) is 8.97. The molecular formula is C14H21FN2O2. The number of benzene rings is 1. The molecule has 0 bridgehead atoms. The number of aliphatic hydroxyl groups excluding tert-OH is 1. The van der Waals surface area contributed by atoms with E-state index in [9.17, 15) is 14.3 Å². The number of nitrogens with two attached hydrogens (primary N) is 1. The van der Waals surface area contributed by atoms with E-state index in [4.69, 9.17) is 5.73 Å². The predicted octanol–water partition coefficient (Wildman–Crippen LogP) is 1.97. The summed E-state index contributed by atoms with van der Waals surface area (Å²) in [7, 11) is 0. The number of hydrogen-bond donors (Lipinski definition) is 2. The summed E-state index contributed by atoms with van der Waals surface area (Å²) < 4.78 is 13.8. The number of halogens is 1. The number of carbonyl (C=O) groups excluding carboxylic acids is 1. The molecule has 0 unspecified atom stereocenters. The lowest BCUT2D eigenvalue weighted by molar-refractivity contribution is -0.116. The lowest BCUT2D eigenvalue weighted by atomic mass is 10.1. The molecule has 1 aromatic rings. The van der Waals surface area contributed by atoms with Crippen LogP contribution in [0.3, 0.4) is 0 Å². The van der Waals surface area contributed by atoms with Gasteiger partial charge in [0.2, 0.25) is 5.91 Å². The number of hydrogen-bond acceptors (Lipinski definition) is 3. The summed E-state index contributed by atoms with van der Waals surface area (Å²) in [5.41, 5.74) is 5.97. The predicted molar refractivity (Wildman–Crippen MR) is 73.3 cm³/mol. The van der Waals surface area contributed by atoms with Crippen LogP contribution in [-0.4, -0.2) is 24.1 Å². The average molecular weight is 268 g/mol. The molecule has 19 heavy (non-hydrogen) atoms. The lowest BCUT2D eigenvalue weighted by Gasteiger charge is -2.27. The van der Waals surface area contributed by atoms with E-state index in [-0.39, 0.29) is 12.1 Å². The van der Waals surface area contributed by atoms with Crippen LogP contribution in [0.2, 0.25) is 0 Å². The maximum atomic E-state index is 13.8. The molecule has 0 aromatic heterocycles. The maximum Gasteiger partial charge on any atom is 0.236 e. The minimum Gasteiger partial charge on any atom is -0.389 e. The van der Waals surface area contributed by atoms with Gasteiger partial charge in [-0.1, -0.05) is 19.4 Å². The molecule has 5 heteroatoms. The van der Waals surface area contributed by atoms with Crippen LogP contribution >= 0.6 is 0 Å². The van der Waals surface area contributed by atoms with Gasteiger partial charge >= 0.3 is 0 Å². The Balaban J connectivity index is 3.13. The zero-order valence-corrected chi connectivity index (χ0v) is 11.4. The normalized spacial score (nSPS) is 12.2. The van der Waals surface area contributed by atoms with E-state index in [2.05, 4.69) is 0 Å². The smallest absolute Gasteiger partial charge is 0.236 e. The molecule has 1 amide bonds. The summed E-state index contributed by atoms with van der Waals surface area (Å²) in [4.78, 5) is 12.9. The standard InChI is InChI=1S/C14H21FN2O2/c1-3-4-8-17(9-13(16)19)12-7-5-6-11(15)14(12)10(2)18/h5-7,10,18H,3-4,8-9H2,1-2H3,(H2,16,19)/t10-/m0/s1. The molecule has 3 N–H and O–H groups in total. The highest BCUT2D eigenvalue weighted by Crippen LogP contribution is 2.29. The van der Waals surface area contributed by atoms with Gasteiger partial charge in [-0.25, -0.2) is 4.39 Å². The fourth-order valence-electron chi connectivity index (χ4n) is 2.04. The highest BCUT2D eigenvalue weighted by Gasteiger charge is 2.19. The number of aliphatic hydroxyl groups is 1. The topological polar surface area (TPSA) is 66.6 Å². The molecule has 1 rings (SSSR count). The highest BCUT2D eigenvalue weighted by molar-refractivity contribution is 5.80. The number of primary amides is 1. The molecule has 106 valence electrons. The van der Waals surface area contributed by atoms with Gasteiger partial charge in [-0.15, -0.1) is 0 Å². The van der Waals surface area contributed by atoms with E-state index < -0.39 is 17.8 Å². The van der Waals surface area contributed by atoms with Crippen LogP contribution in [0.25, 0.3) is 0 Å². The second kappa shape index (κ2) is 7.09. The van der Waals surface area contributed by atoms with Crippen LogP contribution in [0.1, 0.15) is 38.4 Å². The molecular weight excluding hydrogens is 247 g/mol. The fourth-order valence-corrected chi connectivity index (χ4v) is 2.04. The number of nitrogens with zero attached hydrogens (tertiary/aromatic N) is 1. The molecule has 0 saturated heterocycles. The number of carbonyl (C=O) groups is 1. The van der Waals surface area contributed by atoms with Crippen LogP contribution in [0.5, 0.6) is 0 Å². The Kier molecular flexibility index (Phi) is 5.76. The Bertz CT molecular complexity index is 435. The summed E-state index contributed by atoms with van der Waals surface area (Å²) in [6.07, 6.45) is 0.880. The lowest BCUT2D eigenvalue weighted by Crippen LogP contribution is -2.35. The highest BCUT2D eigenvalue weighted by atomic mass is 19.1. The quantitative estimate of drug-likeness (QED) is 0.794. The van der Waals surface area contributed by atoms with E-state index in [0.29, 0.717) is 12.2 Å². The Morgan fingerprint density at radius 1 is 1.53 bits per heavy atom. The van der Waals surface area contributed by atoms with Crippen molar-refractivity contribution in [2.45, 2.75) is 32.8 Å². The van der Waals surface area contributed by atoms with E-state index in [1.54, 1.807) is 17.0 Å². The van der Waals surface area contributed by atoms with Gasteiger partial charge in [0.1, 0.15) is 5.82 Å². The summed E-state index contributed by atoms with van der Waals surface area (Å²) in [6, 6.07) is 4.56. The molecule has 0 fully saturated rings. The first-order valence-corrected chi connectivity index (χ1v) is 6.47. The van der Waals surface area contributed by atoms with Crippen molar-refractivity contribution in [2.24, 2.45) is 5.73 Å². The van der Waals surface area contributed by atoms with Crippen molar-refractivity contribution in [1.29, 1.82) is 0 Å².